The van der Waals surface area contributed by atoms with E-state index in [0.29, 0.717) is 29.0 Å². The molecule has 0 spiro atoms. The Labute approximate surface area is 168 Å². The van der Waals surface area contributed by atoms with Crippen LogP contribution < -0.4 is 4.74 Å². The van der Waals surface area contributed by atoms with Gasteiger partial charge in [0.1, 0.15) is 0 Å². The SMILES string of the molecule is CCCCc1ccc(-c2ccc(C3CCC(C)CC3)cc2C#N)c(OC)c1F. The number of hydrogen-bond donors (Lipinski definition) is 0. The summed E-state index contributed by atoms with van der Waals surface area (Å²) in [6.45, 7) is 4.41. The summed E-state index contributed by atoms with van der Waals surface area (Å²) in [7, 11) is 1.50. The molecule has 1 saturated carbocycles. The van der Waals surface area contributed by atoms with Gasteiger partial charge in [-0.25, -0.2) is 4.39 Å². The van der Waals surface area contributed by atoms with E-state index < -0.39 is 0 Å². The number of rotatable bonds is 6. The Hall–Kier alpha value is -2.34. The predicted molar refractivity (Wildman–Crippen MR) is 112 cm³/mol. The zero-order valence-corrected chi connectivity index (χ0v) is 17.2. The maximum Gasteiger partial charge on any atom is 0.168 e. The molecule has 2 aromatic carbocycles. The van der Waals surface area contributed by atoms with Gasteiger partial charge in [0.05, 0.1) is 18.7 Å². The van der Waals surface area contributed by atoms with Crippen molar-refractivity contribution in [3.8, 4) is 22.9 Å². The molecular weight excluding hydrogens is 349 g/mol. The molecule has 1 aliphatic rings. The second-order valence-electron chi connectivity index (χ2n) is 8.10. The van der Waals surface area contributed by atoms with Gasteiger partial charge in [0.2, 0.25) is 0 Å². The summed E-state index contributed by atoms with van der Waals surface area (Å²) >= 11 is 0. The van der Waals surface area contributed by atoms with E-state index in [-0.39, 0.29) is 11.6 Å². The highest BCUT2D eigenvalue weighted by molar-refractivity contribution is 5.77. The molecule has 1 aliphatic carbocycles. The first-order valence-corrected chi connectivity index (χ1v) is 10.5. The van der Waals surface area contributed by atoms with E-state index in [0.717, 1.165) is 24.3 Å². The van der Waals surface area contributed by atoms with Gasteiger partial charge in [0.15, 0.2) is 11.6 Å². The van der Waals surface area contributed by atoms with Gasteiger partial charge in [-0.15, -0.1) is 0 Å². The predicted octanol–water partition coefficient (Wildman–Crippen LogP) is 7.01. The first-order chi connectivity index (χ1) is 13.6. The van der Waals surface area contributed by atoms with Crippen LogP contribution in [0.15, 0.2) is 30.3 Å². The average Bonchev–Trinajstić information content (AvgIpc) is 2.72. The molecule has 1 fully saturated rings. The van der Waals surface area contributed by atoms with Crippen LogP contribution in [0, 0.1) is 23.1 Å². The van der Waals surface area contributed by atoms with Crippen molar-refractivity contribution in [1.82, 2.24) is 0 Å². The molecule has 148 valence electrons. The molecule has 0 bridgehead atoms. The minimum Gasteiger partial charge on any atom is -0.493 e. The van der Waals surface area contributed by atoms with Gasteiger partial charge in [-0.1, -0.05) is 57.4 Å². The smallest absolute Gasteiger partial charge is 0.168 e. The third-order valence-electron chi connectivity index (χ3n) is 6.12. The Bertz CT molecular complexity index is 860. The fraction of sp³-hybridized carbons (Fsp3) is 0.480. The standard InChI is InChI=1S/C25H30FNO/c1-4-5-6-19-11-14-23(25(28-3)24(19)26)22-13-12-20(15-21(22)16-27)18-9-7-17(2)8-10-18/h11-15,17-18H,4-10H2,1-3H3. The number of nitriles is 1. The molecule has 2 nitrogen and oxygen atoms in total. The lowest BCUT2D eigenvalue weighted by atomic mass is 9.78. The van der Waals surface area contributed by atoms with Crippen LogP contribution in [-0.2, 0) is 6.42 Å². The molecule has 0 N–H and O–H groups in total. The van der Waals surface area contributed by atoms with Crippen molar-refractivity contribution in [1.29, 1.82) is 5.26 Å². The second kappa shape index (κ2) is 9.24. The quantitative estimate of drug-likeness (QED) is 0.541. The number of unbranched alkanes of at least 4 members (excludes halogenated alkanes) is 1. The summed E-state index contributed by atoms with van der Waals surface area (Å²) in [5.41, 5.74) is 3.89. The van der Waals surface area contributed by atoms with E-state index >= 15 is 0 Å². The molecule has 0 aromatic heterocycles. The summed E-state index contributed by atoms with van der Waals surface area (Å²) < 4.78 is 20.4. The van der Waals surface area contributed by atoms with Crippen LogP contribution in [0.25, 0.3) is 11.1 Å². The Balaban J connectivity index is 1.97. The Morgan fingerprint density at radius 1 is 1.11 bits per heavy atom. The highest BCUT2D eigenvalue weighted by atomic mass is 19.1. The molecule has 0 saturated heterocycles. The molecule has 0 atom stereocenters. The van der Waals surface area contributed by atoms with Crippen molar-refractivity contribution in [3.63, 3.8) is 0 Å². The van der Waals surface area contributed by atoms with Crippen LogP contribution in [0.1, 0.15) is 75.0 Å². The zero-order valence-electron chi connectivity index (χ0n) is 17.2. The van der Waals surface area contributed by atoms with Crippen LogP contribution in [-0.4, -0.2) is 7.11 Å². The van der Waals surface area contributed by atoms with Crippen LogP contribution >= 0.6 is 0 Å². The van der Waals surface area contributed by atoms with Gasteiger partial charge in [0, 0.05) is 11.1 Å². The molecule has 3 heteroatoms. The van der Waals surface area contributed by atoms with Crippen molar-refractivity contribution in [3.05, 3.63) is 52.8 Å². The van der Waals surface area contributed by atoms with Crippen molar-refractivity contribution in [2.45, 2.75) is 64.7 Å². The largest absolute Gasteiger partial charge is 0.493 e. The van der Waals surface area contributed by atoms with Gasteiger partial charge >= 0.3 is 0 Å². The van der Waals surface area contributed by atoms with E-state index in [1.165, 1.54) is 38.4 Å². The topological polar surface area (TPSA) is 33.0 Å². The normalized spacial score (nSPS) is 19.2. The number of nitrogens with zero attached hydrogens (tertiary/aromatic N) is 1. The monoisotopic (exact) mass is 379 g/mol. The van der Waals surface area contributed by atoms with E-state index in [4.69, 9.17) is 4.74 Å². The van der Waals surface area contributed by atoms with Gasteiger partial charge in [-0.05, 0) is 54.7 Å². The van der Waals surface area contributed by atoms with Crippen LogP contribution in [0.3, 0.4) is 0 Å². The molecule has 0 heterocycles. The molecule has 0 unspecified atom stereocenters. The number of aryl methyl sites for hydroxylation is 1. The number of hydrogen-bond acceptors (Lipinski definition) is 2. The van der Waals surface area contributed by atoms with Gasteiger partial charge in [0.25, 0.3) is 0 Å². The molecule has 0 radical (unpaired) electrons. The van der Waals surface area contributed by atoms with Crippen molar-refractivity contribution < 1.29 is 9.13 Å². The maximum atomic E-state index is 15.0. The number of benzene rings is 2. The maximum absolute atomic E-state index is 15.0. The summed E-state index contributed by atoms with van der Waals surface area (Å²) in [6.07, 6.45) is 7.49. The Kier molecular flexibility index (Phi) is 6.73. The fourth-order valence-electron chi connectivity index (χ4n) is 4.31. The van der Waals surface area contributed by atoms with Gasteiger partial charge in [-0.3, -0.25) is 0 Å². The van der Waals surface area contributed by atoms with Crippen molar-refractivity contribution in [2.75, 3.05) is 7.11 Å². The van der Waals surface area contributed by atoms with Crippen LogP contribution in [0.2, 0.25) is 0 Å². The third-order valence-corrected chi connectivity index (χ3v) is 6.12. The highest BCUT2D eigenvalue weighted by Crippen LogP contribution is 2.40. The van der Waals surface area contributed by atoms with Crippen LogP contribution in [0.4, 0.5) is 4.39 Å². The molecule has 28 heavy (non-hydrogen) atoms. The van der Waals surface area contributed by atoms with Crippen molar-refractivity contribution in [2.24, 2.45) is 5.92 Å². The zero-order chi connectivity index (χ0) is 20.1. The van der Waals surface area contributed by atoms with E-state index in [2.05, 4.69) is 26.0 Å². The summed E-state index contributed by atoms with van der Waals surface area (Å²) in [6, 6.07) is 12.1. The lowest BCUT2D eigenvalue weighted by molar-refractivity contribution is 0.348. The average molecular weight is 380 g/mol. The minimum atomic E-state index is -0.303. The van der Waals surface area contributed by atoms with Crippen molar-refractivity contribution >= 4 is 0 Å². The van der Waals surface area contributed by atoms with Gasteiger partial charge < -0.3 is 4.74 Å². The van der Waals surface area contributed by atoms with E-state index in [1.54, 1.807) is 0 Å². The summed E-state index contributed by atoms with van der Waals surface area (Å²) in [5.74, 6) is 1.25. The first-order valence-electron chi connectivity index (χ1n) is 10.5. The third kappa shape index (κ3) is 4.22. The number of methoxy groups -OCH3 is 1. The molecule has 0 aliphatic heterocycles. The molecular formula is C25H30FNO. The van der Waals surface area contributed by atoms with Gasteiger partial charge in [-0.2, -0.15) is 5.26 Å². The molecule has 2 aromatic rings. The number of ether oxygens (including phenoxy) is 1. The van der Waals surface area contributed by atoms with Crippen LogP contribution in [0.5, 0.6) is 5.75 Å². The second-order valence-corrected chi connectivity index (χ2v) is 8.10. The fourth-order valence-corrected chi connectivity index (χ4v) is 4.31. The first kappa shape index (κ1) is 20.4. The number of halogens is 1. The van der Waals surface area contributed by atoms with E-state index in [1.807, 2.05) is 24.3 Å². The Morgan fingerprint density at radius 2 is 1.82 bits per heavy atom. The highest BCUT2D eigenvalue weighted by Gasteiger charge is 2.22. The lowest BCUT2D eigenvalue weighted by Crippen LogP contribution is -2.11. The molecule has 3 rings (SSSR count). The minimum absolute atomic E-state index is 0.240. The summed E-state index contributed by atoms with van der Waals surface area (Å²) in [4.78, 5) is 0. The molecule has 0 amide bonds. The van der Waals surface area contributed by atoms with E-state index in [9.17, 15) is 9.65 Å². The Morgan fingerprint density at radius 3 is 2.46 bits per heavy atom. The summed E-state index contributed by atoms with van der Waals surface area (Å²) in [5, 5.41) is 9.76. The lowest BCUT2D eigenvalue weighted by Gasteiger charge is -2.27.